The summed E-state index contributed by atoms with van der Waals surface area (Å²) in [4.78, 5) is 11.1. The van der Waals surface area contributed by atoms with Crippen LogP contribution in [0.5, 0.6) is 0 Å². The van der Waals surface area contributed by atoms with E-state index in [1.165, 1.54) is 11.8 Å². The summed E-state index contributed by atoms with van der Waals surface area (Å²) in [6.45, 7) is 2.01. The van der Waals surface area contributed by atoms with Gasteiger partial charge in [-0.3, -0.25) is 4.79 Å². The van der Waals surface area contributed by atoms with Crippen LogP contribution in [0.4, 0.5) is 0 Å². The fraction of sp³-hybridized carbons (Fsp3) is 0.0833. The van der Waals surface area contributed by atoms with Gasteiger partial charge in [0.2, 0.25) is 0 Å². The van der Waals surface area contributed by atoms with Gasteiger partial charge in [-0.15, -0.1) is 0 Å². The van der Waals surface area contributed by atoms with Crippen molar-refractivity contribution in [2.75, 3.05) is 0 Å². The van der Waals surface area contributed by atoms with Crippen molar-refractivity contribution < 1.29 is 9.21 Å². The predicted octanol–water partition coefficient (Wildman–Crippen LogP) is 2.35. The molecule has 0 saturated carbocycles. The van der Waals surface area contributed by atoms with Crippen LogP contribution in [0.25, 0.3) is 11.1 Å². The molecule has 2 rings (SSSR count). The molecular formula is C12H11NO2. The molecule has 2 aromatic rings. The van der Waals surface area contributed by atoms with Gasteiger partial charge in [-0.05, 0) is 18.6 Å². The smallest absolute Gasteiger partial charge is 0.285 e. The van der Waals surface area contributed by atoms with Gasteiger partial charge in [0, 0.05) is 5.56 Å². The molecule has 1 amide bonds. The molecule has 3 nitrogen and oxygen atoms in total. The van der Waals surface area contributed by atoms with Crippen molar-refractivity contribution in [2.24, 2.45) is 5.73 Å². The Hall–Kier alpha value is -2.03. The number of hydrogen-bond acceptors (Lipinski definition) is 2. The van der Waals surface area contributed by atoms with E-state index in [9.17, 15) is 4.79 Å². The minimum Gasteiger partial charge on any atom is -0.459 e. The molecular weight excluding hydrogens is 190 g/mol. The lowest BCUT2D eigenvalue weighted by atomic mass is 10.0. The summed E-state index contributed by atoms with van der Waals surface area (Å²) in [5, 5.41) is 0. The van der Waals surface area contributed by atoms with Gasteiger partial charge in [-0.25, -0.2) is 0 Å². The Morgan fingerprint density at radius 1 is 1.20 bits per heavy atom. The molecule has 0 fully saturated rings. The van der Waals surface area contributed by atoms with E-state index < -0.39 is 5.91 Å². The Morgan fingerprint density at radius 3 is 2.47 bits per heavy atom. The van der Waals surface area contributed by atoms with Crippen LogP contribution >= 0.6 is 0 Å². The highest BCUT2D eigenvalue weighted by Crippen LogP contribution is 2.24. The quantitative estimate of drug-likeness (QED) is 0.810. The maximum atomic E-state index is 11.1. The van der Waals surface area contributed by atoms with Crippen LogP contribution < -0.4 is 5.73 Å². The number of furan rings is 1. The van der Waals surface area contributed by atoms with Crippen LogP contribution in [0, 0.1) is 6.92 Å². The van der Waals surface area contributed by atoms with Crippen LogP contribution in [0.1, 0.15) is 16.1 Å². The number of benzene rings is 1. The zero-order valence-electron chi connectivity index (χ0n) is 8.36. The van der Waals surface area contributed by atoms with Crippen molar-refractivity contribution in [3.63, 3.8) is 0 Å². The number of hydrogen-bond donors (Lipinski definition) is 1. The summed E-state index contributed by atoms with van der Waals surface area (Å²) in [5.41, 5.74) is 8.03. The number of aryl methyl sites for hydroxylation is 1. The number of rotatable bonds is 2. The second kappa shape index (κ2) is 3.61. The number of carbonyl (C=O) groups excluding carboxylic acids is 1. The molecule has 0 saturated heterocycles. The maximum Gasteiger partial charge on any atom is 0.285 e. The largest absolute Gasteiger partial charge is 0.459 e. The molecule has 0 unspecified atom stereocenters. The lowest BCUT2D eigenvalue weighted by Gasteiger charge is -2.00. The SMILES string of the molecule is Cc1ccc(-c2ccoc2C(N)=O)cc1. The fourth-order valence-electron chi connectivity index (χ4n) is 1.46. The van der Waals surface area contributed by atoms with Gasteiger partial charge < -0.3 is 10.2 Å². The Morgan fingerprint density at radius 2 is 1.87 bits per heavy atom. The average molecular weight is 201 g/mol. The van der Waals surface area contributed by atoms with Crippen LogP contribution in [0.15, 0.2) is 41.0 Å². The van der Waals surface area contributed by atoms with Gasteiger partial charge in [0.15, 0.2) is 5.76 Å². The highest BCUT2D eigenvalue weighted by atomic mass is 16.3. The molecule has 3 heteroatoms. The van der Waals surface area contributed by atoms with E-state index in [1.807, 2.05) is 31.2 Å². The normalized spacial score (nSPS) is 10.2. The molecule has 1 heterocycles. The van der Waals surface area contributed by atoms with E-state index in [0.717, 1.165) is 11.1 Å². The first kappa shape index (κ1) is 9.52. The summed E-state index contributed by atoms with van der Waals surface area (Å²) in [6.07, 6.45) is 1.47. The summed E-state index contributed by atoms with van der Waals surface area (Å²) in [6, 6.07) is 9.57. The number of carbonyl (C=O) groups is 1. The Balaban J connectivity index is 2.49. The van der Waals surface area contributed by atoms with E-state index in [1.54, 1.807) is 6.07 Å². The van der Waals surface area contributed by atoms with E-state index in [-0.39, 0.29) is 5.76 Å². The molecule has 0 aliphatic rings. The Bertz CT molecular complexity index is 483. The zero-order valence-corrected chi connectivity index (χ0v) is 8.36. The van der Waals surface area contributed by atoms with Gasteiger partial charge in [-0.1, -0.05) is 29.8 Å². The monoisotopic (exact) mass is 201 g/mol. The molecule has 1 aromatic heterocycles. The van der Waals surface area contributed by atoms with Crippen molar-refractivity contribution in [2.45, 2.75) is 6.92 Å². The maximum absolute atomic E-state index is 11.1. The van der Waals surface area contributed by atoms with Crippen LogP contribution in [-0.4, -0.2) is 5.91 Å². The van der Waals surface area contributed by atoms with E-state index in [0.29, 0.717) is 0 Å². The van der Waals surface area contributed by atoms with E-state index in [2.05, 4.69) is 0 Å². The standard InChI is InChI=1S/C12H11NO2/c1-8-2-4-9(5-3-8)10-6-7-15-11(10)12(13)14/h2-7H,1H3,(H2,13,14). The molecule has 1 aromatic carbocycles. The molecule has 0 spiro atoms. The molecule has 15 heavy (non-hydrogen) atoms. The predicted molar refractivity (Wildman–Crippen MR) is 57.4 cm³/mol. The van der Waals surface area contributed by atoms with Crippen LogP contribution in [0.2, 0.25) is 0 Å². The highest BCUT2D eigenvalue weighted by Gasteiger charge is 2.12. The third kappa shape index (κ3) is 1.76. The molecule has 2 N–H and O–H groups in total. The van der Waals surface area contributed by atoms with Crippen LogP contribution in [-0.2, 0) is 0 Å². The van der Waals surface area contributed by atoms with Gasteiger partial charge >= 0.3 is 0 Å². The summed E-state index contributed by atoms with van der Waals surface area (Å²) >= 11 is 0. The third-order valence-electron chi connectivity index (χ3n) is 2.25. The first-order chi connectivity index (χ1) is 7.18. The summed E-state index contributed by atoms with van der Waals surface area (Å²) in [5.74, 6) is -0.338. The molecule has 0 radical (unpaired) electrons. The number of primary amides is 1. The van der Waals surface area contributed by atoms with Crippen molar-refractivity contribution >= 4 is 5.91 Å². The molecule has 76 valence electrons. The third-order valence-corrected chi connectivity index (χ3v) is 2.25. The molecule has 0 atom stereocenters. The lowest BCUT2D eigenvalue weighted by molar-refractivity contribution is 0.0975. The average Bonchev–Trinajstić information content (AvgIpc) is 2.67. The van der Waals surface area contributed by atoms with E-state index >= 15 is 0 Å². The summed E-state index contributed by atoms with van der Waals surface area (Å²) < 4.78 is 5.04. The van der Waals surface area contributed by atoms with Gasteiger partial charge in [0.1, 0.15) is 0 Å². The van der Waals surface area contributed by atoms with Crippen molar-refractivity contribution in [1.82, 2.24) is 0 Å². The summed E-state index contributed by atoms with van der Waals surface area (Å²) in [7, 11) is 0. The van der Waals surface area contributed by atoms with Gasteiger partial charge in [0.25, 0.3) is 5.91 Å². The van der Waals surface area contributed by atoms with Gasteiger partial charge in [0.05, 0.1) is 6.26 Å². The fourth-order valence-corrected chi connectivity index (χ4v) is 1.46. The molecule has 0 bridgehead atoms. The van der Waals surface area contributed by atoms with E-state index in [4.69, 9.17) is 10.2 Å². The zero-order chi connectivity index (χ0) is 10.8. The first-order valence-corrected chi connectivity index (χ1v) is 4.63. The molecule has 0 aliphatic carbocycles. The molecule has 0 aliphatic heterocycles. The van der Waals surface area contributed by atoms with Crippen molar-refractivity contribution in [3.8, 4) is 11.1 Å². The van der Waals surface area contributed by atoms with Crippen molar-refractivity contribution in [3.05, 3.63) is 47.9 Å². The minimum absolute atomic E-state index is 0.207. The minimum atomic E-state index is -0.546. The first-order valence-electron chi connectivity index (χ1n) is 4.63. The lowest BCUT2D eigenvalue weighted by Crippen LogP contribution is -2.10. The topological polar surface area (TPSA) is 56.2 Å². The number of nitrogens with two attached hydrogens (primary N) is 1. The van der Waals surface area contributed by atoms with Crippen LogP contribution in [0.3, 0.4) is 0 Å². The van der Waals surface area contributed by atoms with Gasteiger partial charge in [-0.2, -0.15) is 0 Å². The Kier molecular flexibility index (Phi) is 2.29. The number of amides is 1. The second-order valence-corrected chi connectivity index (χ2v) is 3.39. The highest BCUT2D eigenvalue weighted by molar-refractivity contribution is 5.97. The van der Waals surface area contributed by atoms with Crippen molar-refractivity contribution in [1.29, 1.82) is 0 Å². The Labute approximate surface area is 87.5 Å². The second-order valence-electron chi connectivity index (χ2n) is 3.39.